The van der Waals surface area contributed by atoms with Gasteiger partial charge in [0, 0.05) is 18.2 Å². The molecular weight excluding hydrogens is 325 g/mol. The van der Waals surface area contributed by atoms with Gasteiger partial charge in [0.25, 0.3) is 0 Å². The highest BCUT2D eigenvalue weighted by atomic mass is 19.4. The van der Waals surface area contributed by atoms with Crippen LogP contribution in [0.3, 0.4) is 0 Å². The third-order valence-corrected chi connectivity index (χ3v) is 3.20. The normalized spacial score (nSPS) is 12.6. The summed E-state index contributed by atoms with van der Waals surface area (Å²) in [6.07, 6.45) is -4.64. The number of anilines is 1. The van der Waals surface area contributed by atoms with Gasteiger partial charge in [-0.15, -0.1) is 0 Å². The van der Waals surface area contributed by atoms with Crippen molar-refractivity contribution in [3.05, 3.63) is 29.8 Å². The predicted octanol–water partition coefficient (Wildman–Crippen LogP) is 3.80. The van der Waals surface area contributed by atoms with Crippen LogP contribution in [0.5, 0.6) is 0 Å². The third kappa shape index (κ3) is 6.89. The number of imide groups is 1. The lowest BCUT2D eigenvalue weighted by molar-refractivity contribution is -0.137. The number of amides is 2. The molecule has 24 heavy (non-hydrogen) atoms. The number of methoxy groups -OCH3 is 1. The van der Waals surface area contributed by atoms with Crippen molar-refractivity contribution in [3.8, 4) is 0 Å². The van der Waals surface area contributed by atoms with Gasteiger partial charge in [0.05, 0.1) is 12.7 Å². The van der Waals surface area contributed by atoms with Crippen LogP contribution in [0.2, 0.25) is 0 Å². The zero-order valence-electron chi connectivity index (χ0n) is 13.7. The second-order valence-corrected chi connectivity index (χ2v) is 5.79. The fourth-order valence-corrected chi connectivity index (χ4v) is 2.19. The van der Waals surface area contributed by atoms with Crippen LogP contribution in [-0.2, 0) is 15.7 Å². The van der Waals surface area contributed by atoms with E-state index < -0.39 is 23.7 Å². The first kappa shape index (κ1) is 19.8. The van der Waals surface area contributed by atoms with E-state index in [-0.39, 0.29) is 18.4 Å². The van der Waals surface area contributed by atoms with Crippen LogP contribution in [-0.4, -0.2) is 25.2 Å². The standard InChI is InChI=1S/C16H21F3N2O3/c1-10(2)8-13(9-14(22)21-15(23)24-3)20-12-6-4-11(5-7-12)16(17,18)19/h4-7,10,13,20H,8-9H2,1-3H3,(H,21,22,23)/t13-/m1/s1. The first-order valence-electron chi connectivity index (χ1n) is 7.43. The van der Waals surface area contributed by atoms with Gasteiger partial charge < -0.3 is 10.1 Å². The van der Waals surface area contributed by atoms with Crippen molar-refractivity contribution in [3.63, 3.8) is 0 Å². The Morgan fingerprint density at radius 2 is 1.75 bits per heavy atom. The molecule has 0 saturated carbocycles. The second-order valence-electron chi connectivity index (χ2n) is 5.79. The Bertz CT molecular complexity index is 557. The molecule has 1 rings (SSSR count). The molecule has 8 heteroatoms. The van der Waals surface area contributed by atoms with Crippen molar-refractivity contribution < 1.29 is 27.5 Å². The molecule has 0 fully saturated rings. The van der Waals surface area contributed by atoms with Crippen molar-refractivity contribution in [1.82, 2.24) is 5.32 Å². The van der Waals surface area contributed by atoms with E-state index in [1.165, 1.54) is 12.1 Å². The van der Waals surface area contributed by atoms with Gasteiger partial charge >= 0.3 is 12.3 Å². The Morgan fingerprint density at radius 1 is 1.17 bits per heavy atom. The van der Waals surface area contributed by atoms with Crippen LogP contribution in [0.25, 0.3) is 0 Å². The van der Waals surface area contributed by atoms with E-state index in [1.54, 1.807) is 0 Å². The molecule has 1 aromatic carbocycles. The second kappa shape index (κ2) is 8.56. The van der Waals surface area contributed by atoms with Gasteiger partial charge in [0.1, 0.15) is 0 Å². The molecule has 5 nitrogen and oxygen atoms in total. The summed E-state index contributed by atoms with van der Waals surface area (Å²) in [5.74, 6) is -0.269. The SMILES string of the molecule is COC(=O)NC(=O)C[C@@H](CC(C)C)Nc1ccc(C(F)(F)F)cc1. The molecule has 0 unspecified atom stereocenters. The van der Waals surface area contributed by atoms with Crippen LogP contribution in [0.15, 0.2) is 24.3 Å². The molecule has 0 bridgehead atoms. The van der Waals surface area contributed by atoms with Gasteiger partial charge in [0.15, 0.2) is 0 Å². The smallest absolute Gasteiger partial charge is 0.416 e. The average Bonchev–Trinajstić information content (AvgIpc) is 2.45. The summed E-state index contributed by atoms with van der Waals surface area (Å²) in [4.78, 5) is 22.8. The van der Waals surface area contributed by atoms with E-state index in [0.29, 0.717) is 12.1 Å². The van der Waals surface area contributed by atoms with Crippen molar-refractivity contribution in [2.45, 2.75) is 38.9 Å². The Morgan fingerprint density at radius 3 is 2.21 bits per heavy atom. The maximum atomic E-state index is 12.6. The number of benzene rings is 1. The Balaban J connectivity index is 2.75. The Labute approximate surface area is 138 Å². The summed E-state index contributed by atoms with van der Waals surface area (Å²) < 4.78 is 42.0. The molecule has 2 amide bonds. The zero-order valence-corrected chi connectivity index (χ0v) is 13.7. The topological polar surface area (TPSA) is 67.4 Å². The van der Waals surface area contributed by atoms with E-state index in [2.05, 4.69) is 15.4 Å². The highest BCUT2D eigenvalue weighted by molar-refractivity contribution is 5.92. The highest BCUT2D eigenvalue weighted by Gasteiger charge is 2.30. The molecule has 0 aliphatic heterocycles. The van der Waals surface area contributed by atoms with E-state index >= 15 is 0 Å². The summed E-state index contributed by atoms with van der Waals surface area (Å²) in [7, 11) is 1.15. The number of nitrogens with one attached hydrogen (secondary N) is 2. The third-order valence-electron chi connectivity index (χ3n) is 3.20. The largest absolute Gasteiger partial charge is 0.453 e. The average molecular weight is 346 g/mol. The number of ether oxygens (including phenoxy) is 1. The summed E-state index contributed by atoms with van der Waals surface area (Å²) in [5.41, 5.74) is -0.267. The number of carbonyl (C=O) groups excluding carboxylic acids is 2. The molecule has 0 aliphatic carbocycles. The lowest BCUT2D eigenvalue weighted by atomic mass is 10.0. The molecule has 0 radical (unpaired) electrons. The minimum atomic E-state index is -4.39. The minimum Gasteiger partial charge on any atom is -0.453 e. The van der Waals surface area contributed by atoms with E-state index in [1.807, 2.05) is 13.8 Å². The maximum Gasteiger partial charge on any atom is 0.416 e. The van der Waals surface area contributed by atoms with Gasteiger partial charge in [-0.3, -0.25) is 10.1 Å². The number of carbonyl (C=O) groups is 2. The van der Waals surface area contributed by atoms with Crippen molar-refractivity contribution in [1.29, 1.82) is 0 Å². The van der Waals surface area contributed by atoms with E-state index in [9.17, 15) is 22.8 Å². The quantitative estimate of drug-likeness (QED) is 0.822. The number of hydrogen-bond acceptors (Lipinski definition) is 4. The number of alkyl halides is 3. The van der Waals surface area contributed by atoms with Gasteiger partial charge in [-0.25, -0.2) is 4.79 Å². The molecule has 2 N–H and O–H groups in total. The molecule has 1 atom stereocenters. The van der Waals surface area contributed by atoms with Gasteiger partial charge in [-0.05, 0) is 36.6 Å². The fourth-order valence-electron chi connectivity index (χ4n) is 2.19. The lowest BCUT2D eigenvalue weighted by Gasteiger charge is -2.21. The molecular formula is C16H21F3N2O3. The fraction of sp³-hybridized carbons (Fsp3) is 0.500. The molecule has 0 aromatic heterocycles. The molecule has 0 spiro atoms. The number of halogens is 3. The zero-order chi connectivity index (χ0) is 18.3. The highest BCUT2D eigenvalue weighted by Crippen LogP contribution is 2.30. The molecule has 0 aliphatic rings. The summed E-state index contributed by atoms with van der Waals surface area (Å²) in [6.45, 7) is 3.92. The predicted molar refractivity (Wildman–Crippen MR) is 83.5 cm³/mol. The summed E-state index contributed by atoms with van der Waals surface area (Å²) >= 11 is 0. The van der Waals surface area contributed by atoms with Gasteiger partial charge in [-0.2, -0.15) is 13.2 Å². The van der Waals surface area contributed by atoms with E-state index in [4.69, 9.17) is 0 Å². The van der Waals surface area contributed by atoms with Crippen molar-refractivity contribution in [2.75, 3.05) is 12.4 Å². The molecule has 0 saturated heterocycles. The van der Waals surface area contributed by atoms with Crippen LogP contribution < -0.4 is 10.6 Å². The van der Waals surface area contributed by atoms with Crippen LogP contribution in [0.1, 0.15) is 32.3 Å². The first-order valence-corrected chi connectivity index (χ1v) is 7.43. The number of hydrogen-bond donors (Lipinski definition) is 2. The maximum absolute atomic E-state index is 12.6. The summed E-state index contributed by atoms with van der Waals surface area (Å²) in [6, 6.07) is 4.25. The number of rotatable bonds is 6. The van der Waals surface area contributed by atoms with Crippen LogP contribution >= 0.6 is 0 Å². The Kier molecular flexibility index (Phi) is 7.06. The van der Waals surface area contributed by atoms with Gasteiger partial charge in [-0.1, -0.05) is 13.8 Å². The molecule has 1 aromatic rings. The first-order chi connectivity index (χ1) is 11.1. The lowest BCUT2D eigenvalue weighted by Crippen LogP contribution is -2.35. The molecule has 134 valence electrons. The van der Waals surface area contributed by atoms with Crippen molar-refractivity contribution >= 4 is 17.7 Å². The van der Waals surface area contributed by atoms with Crippen molar-refractivity contribution in [2.24, 2.45) is 5.92 Å². The monoisotopic (exact) mass is 346 g/mol. The minimum absolute atomic E-state index is 0.00565. The van der Waals surface area contributed by atoms with Gasteiger partial charge in [0.2, 0.25) is 5.91 Å². The van der Waals surface area contributed by atoms with E-state index in [0.717, 1.165) is 19.2 Å². The van der Waals surface area contributed by atoms with Crippen LogP contribution in [0.4, 0.5) is 23.7 Å². The molecule has 0 heterocycles. The summed E-state index contributed by atoms with van der Waals surface area (Å²) in [5, 5.41) is 5.09. The number of alkyl carbamates (subject to hydrolysis) is 1. The Hall–Kier alpha value is -2.25. The van der Waals surface area contributed by atoms with Crippen LogP contribution in [0, 0.1) is 5.92 Å².